The maximum absolute atomic E-state index is 12.5. The summed E-state index contributed by atoms with van der Waals surface area (Å²) in [4.78, 5) is 15.6. The van der Waals surface area contributed by atoms with E-state index in [2.05, 4.69) is 4.98 Å². The third-order valence-electron chi connectivity index (χ3n) is 4.04. The molecular formula is C19H13ClN2O3S. The summed E-state index contributed by atoms with van der Waals surface area (Å²) < 4.78 is 12.9. The van der Waals surface area contributed by atoms with Crippen molar-refractivity contribution in [1.29, 1.82) is 0 Å². The number of nitrogens with one attached hydrogen (secondary N) is 1. The smallest absolute Gasteiger partial charge is 0.345 e. The molecule has 130 valence electrons. The van der Waals surface area contributed by atoms with Crippen molar-refractivity contribution in [2.45, 2.75) is 0 Å². The Balaban J connectivity index is 1.89. The Morgan fingerprint density at radius 2 is 2.00 bits per heavy atom. The Bertz CT molecular complexity index is 1240. The van der Waals surface area contributed by atoms with E-state index in [0.717, 1.165) is 11.1 Å². The number of hydrogen-bond acceptors (Lipinski definition) is 4. The number of para-hydroxylation sites is 1. The summed E-state index contributed by atoms with van der Waals surface area (Å²) in [5.41, 5.74) is 1.69. The second-order valence-corrected chi connectivity index (χ2v) is 6.47. The van der Waals surface area contributed by atoms with E-state index in [4.69, 9.17) is 33.0 Å². The van der Waals surface area contributed by atoms with E-state index in [1.54, 1.807) is 35.0 Å². The number of halogens is 1. The second-order valence-electron chi connectivity index (χ2n) is 5.65. The number of aromatic amines is 1. The summed E-state index contributed by atoms with van der Waals surface area (Å²) in [5, 5.41) is 1.36. The van der Waals surface area contributed by atoms with Crippen molar-refractivity contribution in [3.05, 3.63) is 74.9 Å². The van der Waals surface area contributed by atoms with Gasteiger partial charge in [-0.05, 0) is 42.5 Å². The molecule has 2 aromatic carbocycles. The van der Waals surface area contributed by atoms with Crippen LogP contribution in [0.4, 0.5) is 0 Å². The number of rotatable bonds is 3. The van der Waals surface area contributed by atoms with Gasteiger partial charge in [-0.25, -0.2) is 4.79 Å². The molecule has 0 saturated heterocycles. The van der Waals surface area contributed by atoms with Crippen LogP contribution in [0.25, 0.3) is 27.9 Å². The normalized spacial score (nSPS) is 11.0. The van der Waals surface area contributed by atoms with Gasteiger partial charge in [0.15, 0.2) is 16.1 Å². The molecule has 0 spiro atoms. The number of nitrogens with zero attached hydrogens (tertiary/aromatic N) is 1. The molecule has 0 unspecified atom stereocenters. The van der Waals surface area contributed by atoms with Crippen molar-refractivity contribution in [1.82, 2.24) is 9.55 Å². The molecule has 0 radical (unpaired) electrons. The largest absolute Gasteiger partial charge is 0.493 e. The van der Waals surface area contributed by atoms with Crippen LogP contribution in [0.1, 0.15) is 0 Å². The summed E-state index contributed by atoms with van der Waals surface area (Å²) in [6, 6.07) is 14.5. The van der Waals surface area contributed by atoms with Crippen molar-refractivity contribution in [3.8, 4) is 22.7 Å². The van der Waals surface area contributed by atoms with Gasteiger partial charge in [-0.15, -0.1) is 0 Å². The lowest BCUT2D eigenvalue weighted by Crippen LogP contribution is -2.03. The lowest BCUT2D eigenvalue weighted by Gasteiger charge is -2.05. The van der Waals surface area contributed by atoms with Gasteiger partial charge < -0.3 is 14.1 Å². The van der Waals surface area contributed by atoms with Crippen molar-refractivity contribution in [2.75, 3.05) is 7.11 Å². The van der Waals surface area contributed by atoms with Gasteiger partial charge in [0.25, 0.3) is 0 Å². The summed E-state index contributed by atoms with van der Waals surface area (Å²) >= 11 is 11.4. The molecular weight excluding hydrogens is 372 g/mol. The van der Waals surface area contributed by atoms with Crippen LogP contribution in [0.2, 0.25) is 5.02 Å². The second kappa shape index (κ2) is 6.48. The Kier molecular flexibility index (Phi) is 4.14. The van der Waals surface area contributed by atoms with Crippen LogP contribution >= 0.6 is 23.8 Å². The lowest BCUT2D eigenvalue weighted by atomic mass is 10.1. The molecule has 5 nitrogen and oxygen atoms in total. The number of benzene rings is 2. The molecule has 4 rings (SSSR count). The molecule has 1 N–H and O–H groups in total. The molecule has 0 aliphatic carbocycles. The van der Waals surface area contributed by atoms with Crippen molar-refractivity contribution >= 4 is 34.8 Å². The van der Waals surface area contributed by atoms with Crippen LogP contribution in [0, 0.1) is 4.77 Å². The average Bonchev–Trinajstić information content (AvgIpc) is 3.02. The van der Waals surface area contributed by atoms with Crippen LogP contribution < -0.4 is 10.4 Å². The fraction of sp³-hybridized carbons (Fsp3) is 0.0526. The van der Waals surface area contributed by atoms with Gasteiger partial charge in [0.05, 0.1) is 18.4 Å². The lowest BCUT2D eigenvalue weighted by molar-refractivity contribution is 0.407. The molecule has 2 aromatic heterocycles. The van der Waals surface area contributed by atoms with Crippen LogP contribution in [-0.4, -0.2) is 16.7 Å². The standard InChI is InChI=1S/C19H13ClN2O3S/c1-24-16-7-2-4-11-8-14(18(23)25-17(11)16)15-10-22(19(26)21-15)13-6-3-5-12(20)9-13/h2-10H,1H3,(H,21,26). The molecule has 2 heterocycles. The first-order valence-electron chi connectivity index (χ1n) is 7.75. The number of aromatic nitrogens is 2. The van der Waals surface area contributed by atoms with Gasteiger partial charge in [0, 0.05) is 22.3 Å². The van der Waals surface area contributed by atoms with Crippen LogP contribution in [0.5, 0.6) is 5.75 Å². The highest BCUT2D eigenvalue weighted by Gasteiger charge is 2.13. The van der Waals surface area contributed by atoms with Crippen molar-refractivity contribution in [3.63, 3.8) is 0 Å². The van der Waals surface area contributed by atoms with Crippen molar-refractivity contribution in [2.24, 2.45) is 0 Å². The maximum atomic E-state index is 12.5. The summed E-state index contributed by atoms with van der Waals surface area (Å²) in [5.74, 6) is 0.510. The number of methoxy groups -OCH3 is 1. The van der Waals surface area contributed by atoms with Gasteiger partial charge in [-0.1, -0.05) is 29.8 Å². The minimum absolute atomic E-state index is 0.387. The number of imidazole rings is 1. The summed E-state index contributed by atoms with van der Waals surface area (Å²) in [7, 11) is 1.53. The monoisotopic (exact) mass is 384 g/mol. The van der Waals surface area contributed by atoms with E-state index < -0.39 is 5.63 Å². The van der Waals surface area contributed by atoms with Crippen LogP contribution in [0.3, 0.4) is 0 Å². The Morgan fingerprint density at radius 3 is 2.77 bits per heavy atom. The van der Waals surface area contributed by atoms with E-state index >= 15 is 0 Å². The average molecular weight is 385 g/mol. The predicted molar refractivity (Wildman–Crippen MR) is 104 cm³/mol. The molecule has 26 heavy (non-hydrogen) atoms. The first kappa shape index (κ1) is 16.6. The summed E-state index contributed by atoms with van der Waals surface area (Å²) in [6.45, 7) is 0. The molecule has 0 fully saturated rings. The first-order chi connectivity index (χ1) is 12.6. The molecule has 7 heteroatoms. The third-order valence-corrected chi connectivity index (χ3v) is 4.57. The van der Waals surface area contributed by atoms with Gasteiger partial charge in [-0.3, -0.25) is 4.57 Å². The highest BCUT2D eigenvalue weighted by molar-refractivity contribution is 7.71. The van der Waals surface area contributed by atoms with Crippen LogP contribution in [0.15, 0.2) is 63.9 Å². The molecule has 0 bridgehead atoms. The van der Waals surface area contributed by atoms with Gasteiger partial charge in [0.2, 0.25) is 0 Å². The fourth-order valence-electron chi connectivity index (χ4n) is 2.82. The molecule has 0 aliphatic rings. The minimum atomic E-state index is -0.475. The zero-order valence-electron chi connectivity index (χ0n) is 13.7. The maximum Gasteiger partial charge on any atom is 0.345 e. The predicted octanol–water partition coefficient (Wildman–Crippen LogP) is 4.97. The minimum Gasteiger partial charge on any atom is -0.493 e. The summed E-state index contributed by atoms with van der Waals surface area (Å²) in [6.07, 6.45) is 1.76. The van der Waals surface area contributed by atoms with E-state index in [1.165, 1.54) is 7.11 Å². The number of H-pyrrole nitrogens is 1. The van der Waals surface area contributed by atoms with Crippen LogP contribution in [-0.2, 0) is 0 Å². The topological polar surface area (TPSA) is 60.2 Å². The number of ether oxygens (including phenoxy) is 1. The Hall–Kier alpha value is -2.83. The van der Waals surface area contributed by atoms with Gasteiger partial charge in [-0.2, -0.15) is 0 Å². The highest BCUT2D eigenvalue weighted by Crippen LogP contribution is 2.27. The molecule has 0 atom stereocenters. The molecule has 4 aromatic rings. The van der Waals surface area contributed by atoms with E-state index in [-0.39, 0.29) is 0 Å². The quantitative estimate of drug-likeness (QED) is 0.400. The fourth-order valence-corrected chi connectivity index (χ4v) is 3.27. The van der Waals surface area contributed by atoms with Crippen molar-refractivity contribution < 1.29 is 9.15 Å². The SMILES string of the molecule is COc1cccc2cc(-c3cn(-c4cccc(Cl)c4)c(=S)[nH]3)c(=O)oc12. The Morgan fingerprint density at radius 1 is 1.19 bits per heavy atom. The Labute approximate surface area is 158 Å². The zero-order valence-corrected chi connectivity index (χ0v) is 15.2. The first-order valence-corrected chi connectivity index (χ1v) is 8.54. The molecule has 0 aliphatic heterocycles. The van der Waals surface area contributed by atoms with Gasteiger partial charge >= 0.3 is 5.63 Å². The van der Waals surface area contributed by atoms with E-state index in [0.29, 0.717) is 32.4 Å². The van der Waals surface area contributed by atoms with E-state index in [9.17, 15) is 4.79 Å². The zero-order chi connectivity index (χ0) is 18.3. The van der Waals surface area contributed by atoms with Gasteiger partial charge in [0.1, 0.15) is 0 Å². The third kappa shape index (κ3) is 2.83. The highest BCUT2D eigenvalue weighted by atomic mass is 35.5. The molecule has 0 saturated carbocycles. The molecule has 0 amide bonds. The van der Waals surface area contributed by atoms with E-state index in [1.807, 2.05) is 24.3 Å². The number of fused-ring (bicyclic) bond motifs is 1. The number of hydrogen-bond donors (Lipinski definition) is 1.